The highest BCUT2D eigenvalue weighted by atomic mass is 15.2. The van der Waals surface area contributed by atoms with Gasteiger partial charge in [0.2, 0.25) is 0 Å². The molecule has 1 aliphatic heterocycles. The molecule has 0 radical (unpaired) electrons. The summed E-state index contributed by atoms with van der Waals surface area (Å²) in [5.41, 5.74) is 11.8. The molecule has 4 heteroatoms. The zero-order chi connectivity index (χ0) is 16.6. The number of nitrogens with two attached hydrogens (primary N) is 2. The van der Waals surface area contributed by atoms with Gasteiger partial charge in [0.1, 0.15) is 0 Å². The van der Waals surface area contributed by atoms with Crippen molar-refractivity contribution in [1.82, 2.24) is 9.80 Å². The number of hydrogen-bond donors (Lipinski definition) is 2. The molecule has 0 bridgehead atoms. The van der Waals surface area contributed by atoms with Crippen molar-refractivity contribution in [3.63, 3.8) is 0 Å². The Hall–Kier alpha value is -0.160. The SMILES string of the molecule is CCCC1CN(CCN(CCN)CCN)CC1CC(C)(C)C. The molecule has 0 aromatic carbocycles. The summed E-state index contributed by atoms with van der Waals surface area (Å²) >= 11 is 0. The Morgan fingerprint density at radius 1 is 1.00 bits per heavy atom. The van der Waals surface area contributed by atoms with Crippen LogP contribution in [0.2, 0.25) is 0 Å². The van der Waals surface area contributed by atoms with E-state index in [4.69, 9.17) is 11.5 Å². The van der Waals surface area contributed by atoms with Crippen molar-refractivity contribution in [1.29, 1.82) is 0 Å². The van der Waals surface area contributed by atoms with E-state index in [1.54, 1.807) is 0 Å². The van der Waals surface area contributed by atoms with E-state index in [-0.39, 0.29) is 0 Å². The predicted octanol–water partition coefficient (Wildman–Crippen LogP) is 1.99. The third-order valence-electron chi connectivity index (χ3n) is 4.81. The maximum Gasteiger partial charge on any atom is 0.0110 e. The minimum atomic E-state index is 0.442. The van der Waals surface area contributed by atoms with E-state index >= 15 is 0 Å². The van der Waals surface area contributed by atoms with Crippen LogP contribution >= 0.6 is 0 Å². The number of nitrogens with zero attached hydrogens (tertiary/aromatic N) is 2. The fourth-order valence-corrected chi connectivity index (χ4v) is 3.92. The van der Waals surface area contributed by atoms with Gasteiger partial charge in [-0.05, 0) is 30.1 Å². The molecule has 1 aliphatic rings. The number of hydrogen-bond acceptors (Lipinski definition) is 4. The predicted molar refractivity (Wildman–Crippen MR) is 96.9 cm³/mol. The highest BCUT2D eigenvalue weighted by Gasteiger charge is 2.34. The third-order valence-corrected chi connectivity index (χ3v) is 4.81. The molecule has 4 N–H and O–H groups in total. The van der Waals surface area contributed by atoms with Crippen molar-refractivity contribution in [2.24, 2.45) is 28.7 Å². The first-order valence-electron chi connectivity index (χ1n) is 9.24. The Kier molecular flexibility index (Phi) is 8.91. The summed E-state index contributed by atoms with van der Waals surface area (Å²) in [6, 6.07) is 0. The van der Waals surface area contributed by atoms with E-state index in [2.05, 4.69) is 37.5 Å². The van der Waals surface area contributed by atoms with Crippen LogP contribution in [0.5, 0.6) is 0 Å². The van der Waals surface area contributed by atoms with Crippen molar-refractivity contribution in [2.75, 3.05) is 52.4 Å². The molecule has 0 amide bonds. The lowest BCUT2D eigenvalue weighted by molar-refractivity contribution is 0.221. The Morgan fingerprint density at radius 3 is 2.09 bits per heavy atom. The van der Waals surface area contributed by atoms with E-state index in [1.807, 2.05) is 0 Å². The van der Waals surface area contributed by atoms with Gasteiger partial charge in [0, 0.05) is 52.4 Å². The number of likely N-dealkylation sites (tertiary alicyclic amines) is 1. The van der Waals surface area contributed by atoms with Crippen molar-refractivity contribution >= 4 is 0 Å². The fraction of sp³-hybridized carbons (Fsp3) is 1.00. The molecule has 2 unspecified atom stereocenters. The minimum absolute atomic E-state index is 0.442. The molecule has 1 fully saturated rings. The van der Waals surface area contributed by atoms with Crippen LogP contribution in [-0.2, 0) is 0 Å². The summed E-state index contributed by atoms with van der Waals surface area (Å²) in [5, 5.41) is 0. The number of rotatable bonds is 10. The van der Waals surface area contributed by atoms with Crippen molar-refractivity contribution in [2.45, 2.75) is 47.0 Å². The Balaban J connectivity index is 2.47. The molecular weight excluding hydrogens is 272 g/mol. The topological polar surface area (TPSA) is 58.5 Å². The summed E-state index contributed by atoms with van der Waals surface area (Å²) in [4.78, 5) is 5.09. The summed E-state index contributed by atoms with van der Waals surface area (Å²) < 4.78 is 0. The van der Waals surface area contributed by atoms with Crippen LogP contribution in [0.15, 0.2) is 0 Å². The molecule has 1 heterocycles. The van der Waals surface area contributed by atoms with Gasteiger partial charge < -0.3 is 16.4 Å². The maximum atomic E-state index is 5.70. The lowest BCUT2D eigenvalue weighted by atomic mass is 9.79. The van der Waals surface area contributed by atoms with Gasteiger partial charge in [0.15, 0.2) is 0 Å². The van der Waals surface area contributed by atoms with Gasteiger partial charge in [-0.1, -0.05) is 34.1 Å². The molecule has 1 rings (SSSR count). The third kappa shape index (κ3) is 7.40. The first-order valence-corrected chi connectivity index (χ1v) is 9.24. The second-order valence-electron chi connectivity index (χ2n) is 8.25. The molecule has 4 nitrogen and oxygen atoms in total. The average Bonchev–Trinajstić information content (AvgIpc) is 2.77. The first kappa shape index (κ1) is 19.9. The lowest BCUT2D eigenvalue weighted by Gasteiger charge is -2.27. The van der Waals surface area contributed by atoms with Crippen LogP contribution in [-0.4, -0.2) is 62.2 Å². The standard InChI is InChI=1S/C18H40N4/c1-5-6-16-14-22(15-17(16)13-18(2,3)4)12-11-21(9-7-19)10-8-20/h16-17H,5-15,19-20H2,1-4H3. The van der Waals surface area contributed by atoms with Gasteiger partial charge in [-0.25, -0.2) is 0 Å². The average molecular weight is 313 g/mol. The largest absolute Gasteiger partial charge is 0.329 e. The van der Waals surface area contributed by atoms with E-state index in [9.17, 15) is 0 Å². The zero-order valence-electron chi connectivity index (χ0n) is 15.5. The van der Waals surface area contributed by atoms with Crippen LogP contribution in [0.3, 0.4) is 0 Å². The Morgan fingerprint density at radius 2 is 1.59 bits per heavy atom. The zero-order valence-corrected chi connectivity index (χ0v) is 15.5. The molecule has 0 aromatic heterocycles. The molecule has 0 spiro atoms. The first-order chi connectivity index (χ1) is 10.4. The molecule has 22 heavy (non-hydrogen) atoms. The molecular formula is C18H40N4. The highest BCUT2D eigenvalue weighted by molar-refractivity contribution is 4.86. The van der Waals surface area contributed by atoms with E-state index < -0.39 is 0 Å². The van der Waals surface area contributed by atoms with Gasteiger partial charge in [0.25, 0.3) is 0 Å². The smallest absolute Gasteiger partial charge is 0.0110 e. The highest BCUT2D eigenvalue weighted by Crippen LogP contribution is 2.36. The second kappa shape index (κ2) is 9.86. The van der Waals surface area contributed by atoms with Crippen molar-refractivity contribution in [3.8, 4) is 0 Å². The van der Waals surface area contributed by atoms with Crippen LogP contribution in [0, 0.1) is 17.3 Å². The van der Waals surface area contributed by atoms with Gasteiger partial charge in [-0.2, -0.15) is 0 Å². The second-order valence-corrected chi connectivity index (χ2v) is 8.25. The van der Waals surface area contributed by atoms with Crippen LogP contribution in [0.4, 0.5) is 0 Å². The molecule has 132 valence electrons. The summed E-state index contributed by atoms with van der Waals surface area (Å²) in [6.07, 6.45) is 4.04. The molecule has 0 aliphatic carbocycles. The van der Waals surface area contributed by atoms with Gasteiger partial charge in [-0.15, -0.1) is 0 Å². The van der Waals surface area contributed by atoms with Gasteiger partial charge >= 0.3 is 0 Å². The normalized spacial score (nSPS) is 23.6. The maximum absolute atomic E-state index is 5.70. The monoisotopic (exact) mass is 312 g/mol. The summed E-state index contributed by atoms with van der Waals surface area (Å²) in [6.45, 7) is 17.7. The molecule has 0 saturated carbocycles. The quantitative estimate of drug-likeness (QED) is 0.648. The van der Waals surface area contributed by atoms with Gasteiger partial charge in [-0.3, -0.25) is 4.90 Å². The van der Waals surface area contributed by atoms with Gasteiger partial charge in [0.05, 0.1) is 0 Å². The van der Waals surface area contributed by atoms with Crippen LogP contribution < -0.4 is 11.5 Å². The van der Waals surface area contributed by atoms with E-state index in [0.717, 1.165) is 44.6 Å². The van der Waals surface area contributed by atoms with Crippen LogP contribution in [0.1, 0.15) is 47.0 Å². The summed E-state index contributed by atoms with van der Waals surface area (Å²) in [5.74, 6) is 1.76. The van der Waals surface area contributed by atoms with Crippen LogP contribution in [0.25, 0.3) is 0 Å². The fourth-order valence-electron chi connectivity index (χ4n) is 3.92. The van der Waals surface area contributed by atoms with E-state index in [0.29, 0.717) is 5.41 Å². The lowest BCUT2D eigenvalue weighted by Crippen LogP contribution is -2.39. The Bertz CT molecular complexity index is 281. The molecule has 2 atom stereocenters. The minimum Gasteiger partial charge on any atom is -0.329 e. The van der Waals surface area contributed by atoms with Crippen molar-refractivity contribution in [3.05, 3.63) is 0 Å². The molecule has 0 aromatic rings. The van der Waals surface area contributed by atoms with E-state index in [1.165, 1.54) is 38.9 Å². The summed E-state index contributed by atoms with van der Waals surface area (Å²) in [7, 11) is 0. The Labute approximate surface area is 138 Å². The molecule has 1 saturated heterocycles. The van der Waals surface area contributed by atoms with Crippen molar-refractivity contribution < 1.29 is 0 Å².